The maximum atomic E-state index is 11.9. The molecule has 0 aliphatic heterocycles. The minimum atomic E-state index is -3.42. The second kappa shape index (κ2) is 5.61. The van der Waals surface area contributed by atoms with Crippen molar-refractivity contribution in [3.8, 4) is 0 Å². The Morgan fingerprint density at radius 2 is 2.19 bits per heavy atom. The van der Waals surface area contributed by atoms with Gasteiger partial charge < -0.3 is 0 Å². The predicted octanol–water partition coefficient (Wildman–Crippen LogP) is 2.61. The van der Waals surface area contributed by atoms with Gasteiger partial charge in [-0.1, -0.05) is 12.1 Å². The molecule has 1 aromatic rings. The lowest BCUT2D eigenvalue weighted by molar-refractivity contribution is 0.581. The molecule has 3 nitrogen and oxygen atoms in total. The van der Waals surface area contributed by atoms with Crippen LogP contribution in [0.1, 0.15) is 12.0 Å². The van der Waals surface area contributed by atoms with E-state index in [9.17, 15) is 8.42 Å². The Hall–Kier alpha value is -0.650. The lowest BCUT2D eigenvalue weighted by Crippen LogP contribution is -2.24. The summed E-state index contributed by atoms with van der Waals surface area (Å²) in [6, 6.07) is 5.14. The summed E-state index contributed by atoms with van der Waals surface area (Å²) in [5.74, 6) is 0. The van der Waals surface area contributed by atoms with Crippen LogP contribution in [0.2, 0.25) is 0 Å². The number of sulfonamides is 1. The van der Waals surface area contributed by atoms with Crippen molar-refractivity contribution in [3.05, 3.63) is 40.9 Å². The zero-order valence-electron chi connectivity index (χ0n) is 9.03. The minimum Gasteiger partial charge on any atom is -0.211 e. The van der Waals surface area contributed by atoms with Crippen LogP contribution in [0, 0.1) is 6.92 Å². The molecule has 0 fully saturated rings. The molecule has 0 saturated heterocycles. The molecule has 0 aromatic heterocycles. The molecule has 0 atom stereocenters. The van der Waals surface area contributed by atoms with Crippen LogP contribution in [0.5, 0.6) is 0 Å². The highest BCUT2D eigenvalue weighted by Gasteiger charge is 2.16. The topological polar surface area (TPSA) is 46.2 Å². The molecule has 0 aliphatic rings. The molecule has 1 N–H and O–H groups in total. The number of rotatable bonds is 5. The largest absolute Gasteiger partial charge is 0.241 e. The fraction of sp³-hybridized carbons (Fsp3) is 0.273. The van der Waals surface area contributed by atoms with E-state index in [2.05, 4.69) is 27.2 Å². The van der Waals surface area contributed by atoms with E-state index in [-0.39, 0.29) is 4.90 Å². The maximum Gasteiger partial charge on any atom is 0.241 e. The summed E-state index contributed by atoms with van der Waals surface area (Å²) in [5, 5.41) is 0. The first kappa shape index (κ1) is 13.4. The molecule has 0 aliphatic carbocycles. The molecule has 0 radical (unpaired) electrons. The molecule has 16 heavy (non-hydrogen) atoms. The van der Waals surface area contributed by atoms with Crippen LogP contribution in [0.25, 0.3) is 0 Å². The van der Waals surface area contributed by atoms with Crippen LogP contribution >= 0.6 is 15.9 Å². The van der Waals surface area contributed by atoms with Gasteiger partial charge in [0, 0.05) is 11.0 Å². The molecule has 0 saturated carbocycles. The maximum absolute atomic E-state index is 11.9. The van der Waals surface area contributed by atoms with Gasteiger partial charge in [-0.2, -0.15) is 0 Å². The normalized spacial score (nSPS) is 11.4. The summed E-state index contributed by atoms with van der Waals surface area (Å²) in [6.07, 6.45) is 2.29. The van der Waals surface area contributed by atoms with Crippen molar-refractivity contribution in [2.24, 2.45) is 0 Å². The van der Waals surface area contributed by atoms with Gasteiger partial charge in [0.25, 0.3) is 0 Å². The Labute approximate surface area is 105 Å². The van der Waals surface area contributed by atoms with Crippen molar-refractivity contribution in [1.29, 1.82) is 0 Å². The summed E-state index contributed by atoms with van der Waals surface area (Å²) in [4.78, 5) is 0.266. The van der Waals surface area contributed by atoms with Gasteiger partial charge in [0.05, 0.1) is 4.90 Å². The Balaban J connectivity index is 2.94. The number of hydrogen-bond acceptors (Lipinski definition) is 2. The standard InChI is InChI=1S/C11H14BrNO2S/c1-3-4-7-13-16(14,15)11-6-5-9(2)8-10(11)12/h3,5-6,8,13H,1,4,7H2,2H3. The number of hydrogen-bond donors (Lipinski definition) is 1. The Kier molecular flexibility index (Phi) is 4.70. The van der Waals surface area contributed by atoms with Gasteiger partial charge in [-0.15, -0.1) is 6.58 Å². The Bertz CT molecular complexity index is 483. The fourth-order valence-electron chi connectivity index (χ4n) is 1.20. The Morgan fingerprint density at radius 3 is 2.75 bits per heavy atom. The monoisotopic (exact) mass is 303 g/mol. The molecule has 0 heterocycles. The highest BCUT2D eigenvalue weighted by molar-refractivity contribution is 9.10. The molecule has 5 heteroatoms. The van der Waals surface area contributed by atoms with Gasteiger partial charge in [0.15, 0.2) is 0 Å². The quantitative estimate of drug-likeness (QED) is 0.671. The molecule has 0 amide bonds. The third kappa shape index (κ3) is 3.43. The van der Waals surface area contributed by atoms with Crippen molar-refractivity contribution >= 4 is 26.0 Å². The molecule has 88 valence electrons. The van der Waals surface area contributed by atoms with Crippen LogP contribution in [0.4, 0.5) is 0 Å². The molecule has 1 aromatic carbocycles. The van der Waals surface area contributed by atoms with E-state index in [0.717, 1.165) is 5.56 Å². The minimum absolute atomic E-state index is 0.266. The zero-order valence-corrected chi connectivity index (χ0v) is 11.4. The molecular formula is C11H14BrNO2S. The Morgan fingerprint density at radius 1 is 1.50 bits per heavy atom. The van der Waals surface area contributed by atoms with Crippen molar-refractivity contribution in [1.82, 2.24) is 4.72 Å². The van der Waals surface area contributed by atoms with E-state index < -0.39 is 10.0 Å². The van der Waals surface area contributed by atoms with Crippen LogP contribution in [0.3, 0.4) is 0 Å². The first-order chi connectivity index (χ1) is 7.47. The lowest BCUT2D eigenvalue weighted by atomic mass is 10.2. The first-order valence-electron chi connectivity index (χ1n) is 4.84. The van der Waals surface area contributed by atoms with E-state index >= 15 is 0 Å². The highest BCUT2D eigenvalue weighted by Crippen LogP contribution is 2.22. The summed E-state index contributed by atoms with van der Waals surface area (Å²) in [6.45, 7) is 5.81. The van der Waals surface area contributed by atoms with E-state index in [0.29, 0.717) is 17.4 Å². The highest BCUT2D eigenvalue weighted by atomic mass is 79.9. The lowest BCUT2D eigenvalue weighted by Gasteiger charge is -2.08. The number of nitrogens with one attached hydrogen (secondary N) is 1. The van der Waals surface area contributed by atoms with Gasteiger partial charge in [0.1, 0.15) is 0 Å². The van der Waals surface area contributed by atoms with E-state index in [4.69, 9.17) is 0 Å². The SMILES string of the molecule is C=CCCNS(=O)(=O)c1ccc(C)cc1Br. The third-order valence-corrected chi connectivity index (χ3v) is 4.46. The smallest absolute Gasteiger partial charge is 0.211 e. The van der Waals surface area contributed by atoms with Crippen molar-refractivity contribution in [2.75, 3.05) is 6.54 Å². The molecule has 1 rings (SSSR count). The number of benzene rings is 1. The summed E-state index contributed by atoms with van der Waals surface area (Å²) >= 11 is 3.25. The summed E-state index contributed by atoms with van der Waals surface area (Å²) in [7, 11) is -3.42. The fourth-order valence-corrected chi connectivity index (χ4v) is 3.43. The molecule has 0 unspecified atom stereocenters. The third-order valence-electron chi connectivity index (χ3n) is 2.02. The van der Waals surface area contributed by atoms with Gasteiger partial charge in [-0.25, -0.2) is 13.1 Å². The summed E-state index contributed by atoms with van der Waals surface area (Å²) < 4.78 is 26.8. The van der Waals surface area contributed by atoms with Crippen LogP contribution in [0.15, 0.2) is 40.2 Å². The van der Waals surface area contributed by atoms with Gasteiger partial charge in [-0.05, 0) is 47.0 Å². The molecule has 0 bridgehead atoms. The van der Waals surface area contributed by atoms with Crippen LogP contribution < -0.4 is 4.72 Å². The number of aryl methyl sites for hydroxylation is 1. The van der Waals surface area contributed by atoms with Crippen molar-refractivity contribution in [3.63, 3.8) is 0 Å². The first-order valence-corrected chi connectivity index (χ1v) is 7.11. The van der Waals surface area contributed by atoms with Crippen LogP contribution in [-0.4, -0.2) is 15.0 Å². The second-order valence-corrected chi connectivity index (χ2v) is 6.00. The second-order valence-electron chi connectivity index (χ2n) is 3.41. The van der Waals surface area contributed by atoms with E-state index in [1.165, 1.54) is 0 Å². The summed E-state index contributed by atoms with van der Waals surface area (Å²) in [5.41, 5.74) is 1.01. The van der Waals surface area contributed by atoms with E-state index in [1.54, 1.807) is 24.3 Å². The average Bonchev–Trinajstić information content (AvgIpc) is 2.17. The predicted molar refractivity (Wildman–Crippen MR) is 68.9 cm³/mol. The zero-order chi connectivity index (χ0) is 12.2. The molecular weight excluding hydrogens is 290 g/mol. The van der Waals surface area contributed by atoms with Gasteiger partial charge in [0.2, 0.25) is 10.0 Å². The van der Waals surface area contributed by atoms with Gasteiger partial charge in [-0.3, -0.25) is 0 Å². The van der Waals surface area contributed by atoms with Crippen molar-refractivity contribution in [2.45, 2.75) is 18.2 Å². The van der Waals surface area contributed by atoms with Gasteiger partial charge >= 0.3 is 0 Å². The average molecular weight is 304 g/mol. The van der Waals surface area contributed by atoms with Crippen molar-refractivity contribution < 1.29 is 8.42 Å². The van der Waals surface area contributed by atoms with E-state index in [1.807, 2.05) is 6.92 Å². The molecule has 0 spiro atoms. The number of halogens is 1. The van der Waals surface area contributed by atoms with Crippen LogP contribution in [-0.2, 0) is 10.0 Å².